The number of anilines is 3. The maximum atomic E-state index is 12.9. The van der Waals surface area contributed by atoms with Crippen LogP contribution in [-0.2, 0) is 12.7 Å². The summed E-state index contributed by atoms with van der Waals surface area (Å²) >= 11 is 1.59. The van der Waals surface area contributed by atoms with Gasteiger partial charge < -0.3 is 15.2 Å². The molecule has 3 N–H and O–H groups in total. The van der Waals surface area contributed by atoms with Gasteiger partial charge in [0.05, 0.1) is 22.1 Å². The molecule has 0 spiro atoms. The fourth-order valence-electron chi connectivity index (χ4n) is 3.54. The molecule has 5 rings (SSSR count). The van der Waals surface area contributed by atoms with Crippen molar-refractivity contribution in [3.05, 3.63) is 79.3 Å². The molecule has 0 bridgehead atoms. The van der Waals surface area contributed by atoms with E-state index in [0.717, 1.165) is 32.8 Å². The molecule has 5 aromatic rings. The predicted octanol–water partition coefficient (Wildman–Crippen LogP) is 5.72. The summed E-state index contributed by atoms with van der Waals surface area (Å²) < 4.78 is 41.3. The normalized spacial score (nSPS) is 11.4. The van der Waals surface area contributed by atoms with Crippen molar-refractivity contribution in [1.29, 1.82) is 0 Å². The number of carbonyl (C=O) groups is 1. The molecule has 0 fully saturated rings. The summed E-state index contributed by atoms with van der Waals surface area (Å²) in [6.07, 6.45) is 3.67. The Bertz CT molecular complexity index is 1530. The molecule has 0 atom stereocenters. The number of fused-ring (bicyclic) bond motifs is 1. The van der Waals surface area contributed by atoms with Crippen LogP contribution >= 0.6 is 11.3 Å². The second-order valence-corrected chi connectivity index (χ2v) is 8.92. The van der Waals surface area contributed by atoms with Crippen molar-refractivity contribution in [3.8, 4) is 10.4 Å². The summed E-state index contributed by atoms with van der Waals surface area (Å²) in [5.74, 6) is 0.975. The zero-order valence-corrected chi connectivity index (χ0v) is 19.8. The highest BCUT2D eigenvalue weighted by molar-refractivity contribution is 7.22. The molecule has 0 saturated carbocycles. The zero-order chi connectivity index (χ0) is 25.8. The Morgan fingerprint density at radius 2 is 1.86 bits per heavy atom. The van der Waals surface area contributed by atoms with Crippen LogP contribution in [0.3, 0.4) is 0 Å². The molecule has 4 heterocycles. The number of hydrogen-bond donors (Lipinski definition) is 3. The molecule has 0 unspecified atom stereocenters. The first-order valence-electron chi connectivity index (χ1n) is 11.0. The Labute approximate surface area is 212 Å². The number of nitrogens with one attached hydrogen (secondary N) is 3. The van der Waals surface area contributed by atoms with Crippen molar-refractivity contribution in [2.45, 2.75) is 12.7 Å². The number of hydrogen-bond acceptors (Lipinski definition) is 7. The number of pyridine rings is 1. The second kappa shape index (κ2) is 10.2. The molecule has 1 aromatic carbocycles. The van der Waals surface area contributed by atoms with Gasteiger partial charge in [0.25, 0.3) is 0 Å². The topological polar surface area (TPSA) is 110 Å². The summed E-state index contributed by atoms with van der Waals surface area (Å²) in [6, 6.07) is 9.59. The van der Waals surface area contributed by atoms with Gasteiger partial charge in [-0.1, -0.05) is 6.07 Å². The molecular formula is C24H19F3N8OS. The van der Waals surface area contributed by atoms with Crippen LogP contribution in [0.15, 0.2) is 73.7 Å². The van der Waals surface area contributed by atoms with Crippen LogP contribution in [0.1, 0.15) is 5.56 Å². The number of aromatic nitrogens is 5. The van der Waals surface area contributed by atoms with Gasteiger partial charge in [-0.3, -0.25) is 10.3 Å². The fraction of sp³-hybridized carbons (Fsp3) is 0.125. The number of thiophene rings is 1. The Kier molecular flexibility index (Phi) is 6.68. The number of halogens is 3. The fourth-order valence-corrected chi connectivity index (χ4v) is 4.62. The molecule has 188 valence electrons. The van der Waals surface area contributed by atoms with Crippen molar-refractivity contribution in [2.24, 2.45) is 0 Å². The molecule has 0 aliphatic carbocycles. The number of rotatable bonds is 7. The Morgan fingerprint density at radius 3 is 2.68 bits per heavy atom. The quantitative estimate of drug-likeness (QED) is 0.251. The maximum Gasteiger partial charge on any atom is 0.416 e. The largest absolute Gasteiger partial charge is 0.416 e. The van der Waals surface area contributed by atoms with Gasteiger partial charge in [-0.2, -0.15) is 13.2 Å². The van der Waals surface area contributed by atoms with Crippen LogP contribution in [-0.4, -0.2) is 37.1 Å². The molecule has 0 aliphatic heterocycles. The lowest BCUT2D eigenvalue weighted by atomic mass is 10.2. The van der Waals surface area contributed by atoms with E-state index in [1.807, 2.05) is 18.2 Å². The maximum absolute atomic E-state index is 12.9. The highest BCUT2D eigenvalue weighted by Gasteiger charge is 2.30. The molecular weight excluding hydrogens is 505 g/mol. The van der Waals surface area contributed by atoms with Gasteiger partial charge in [-0.15, -0.1) is 11.3 Å². The first-order valence-corrected chi connectivity index (χ1v) is 11.8. The smallest absolute Gasteiger partial charge is 0.367 e. The number of imidazole rings is 1. The van der Waals surface area contributed by atoms with E-state index < -0.39 is 17.8 Å². The van der Waals surface area contributed by atoms with E-state index in [4.69, 9.17) is 0 Å². The van der Waals surface area contributed by atoms with Crippen molar-refractivity contribution >= 4 is 44.9 Å². The van der Waals surface area contributed by atoms with Gasteiger partial charge in [-0.05, 0) is 42.0 Å². The van der Waals surface area contributed by atoms with Gasteiger partial charge >= 0.3 is 12.2 Å². The number of alkyl halides is 3. The van der Waals surface area contributed by atoms with E-state index in [9.17, 15) is 18.0 Å². The number of urea groups is 1. The van der Waals surface area contributed by atoms with E-state index in [-0.39, 0.29) is 11.5 Å². The monoisotopic (exact) mass is 524 g/mol. The summed E-state index contributed by atoms with van der Waals surface area (Å²) in [5, 5.41) is 8.20. The summed E-state index contributed by atoms with van der Waals surface area (Å²) in [6.45, 7) is 1.05. The van der Waals surface area contributed by atoms with E-state index in [2.05, 4.69) is 35.9 Å². The zero-order valence-electron chi connectivity index (χ0n) is 19.0. The third-order valence-electron chi connectivity index (χ3n) is 5.26. The van der Waals surface area contributed by atoms with E-state index in [0.29, 0.717) is 18.9 Å². The molecule has 13 heteroatoms. The first kappa shape index (κ1) is 24.2. The summed E-state index contributed by atoms with van der Waals surface area (Å²) in [7, 11) is 0. The van der Waals surface area contributed by atoms with Crippen LogP contribution < -0.4 is 16.0 Å². The van der Waals surface area contributed by atoms with E-state index >= 15 is 0 Å². The number of nitrogens with zero attached hydrogens (tertiary/aromatic N) is 5. The third kappa shape index (κ3) is 5.83. The first-order chi connectivity index (χ1) is 17.8. The molecule has 2 amide bonds. The van der Waals surface area contributed by atoms with Crippen LogP contribution in [0.5, 0.6) is 0 Å². The summed E-state index contributed by atoms with van der Waals surface area (Å²) in [5.41, 5.74) is 1.07. The van der Waals surface area contributed by atoms with Gasteiger partial charge in [0, 0.05) is 42.2 Å². The molecule has 4 aromatic heterocycles. The Balaban J connectivity index is 1.17. The molecule has 0 aliphatic rings. The van der Waals surface area contributed by atoms with Gasteiger partial charge in [0.15, 0.2) is 5.82 Å². The number of carbonyl (C=O) groups excluding carboxylic acids is 1. The Hall–Kier alpha value is -4.52. The molecule has 9 nitrogen and oxygen atoms in total. The van der Waals surface area contributed by atoms with Crippen molar-refractivity contribution in [1.82, 2.24) is 24.5 Å². The van der Waals surface area contributed by atoms with Crippen LogP contribution in [0, 0.1) is 0 Å². The minimum atomic E-state index is -4.50. The van der Waals surface area contributed by atoms with Gasteiger partial charge in [0.1, 0.15) is 12.1 Å². The van der Waals surface area contributed by atoms with Gasteiger partial charge in [-0.25, -0.2) is 19.7 Å². The SMILES string of the molecule is O=C(Nc1cccc(C(F)(F)F)c1)Nc1cn(CCNc2ncnc3cc(-c4ccncc4)sc23)cn1. The Morgan fingerprint density at radius 1 is 1.03 bits per heavy atom. The lowest BCUT2D eigenvalue weighted by molar-refractivity contribution is -0.137. The highest BCUT2D eigenvalue weighted by Crippen LogP contribution is 2.35. The minimum Gasteiger partial charge on any atom is -0.367 e. The number of benzene rings is 1. The highest BCUT2D eigenvalue weighted by atomic mass is 32.1. The van der Waals surface area contributed by atoms with Crippen LogP contribution in [0.2, 0.25) is 0 Å². The number of amides is 2. The minimum absolute atomic E-state index is 0.0211. The van der Waals surface area contributed by atoms with Crippen molar-refractivity contribution in [2.75, 3.05) is 22.5 Å². The predicted molar refractivity (Wildman–Crippen MR) is 135 cm³/mol. The molecule has 0 radical (unpaired) electrons. The van der Waals surface area contributed by atoms with Crippen molar-refractivity contribution < 1.29 is 18.0 Å². The average molecular weight is 525 g/mol. The lowest BCUT2D eigenvalue weighted by Crippen LogP contribution is -2.20. The molecule has 0 saturated heterocycles. The van der Waals surface area contributed by atoms with Gasteiger partial charge in [0.2, 0.25) is 0 Å². The standard InChI is InChI=1S/C24H19F3N8OS/c25-24(26,27)16-2-1-3-17(10-16)33-23(36)34-20-12-35(14-32-20)9-8-29-22-21-18(30-13-31-22)11-19(37-21)15-4-6-28-7-5-15/h1-7,10-14H,8-9H2,(H,29,30,31)(H2,33,34,36). The molecule has 37 heavy (non-hydrogen) atoms. The average Bonchev–Trinajstić information content (AvgIpc) is 3.51. The second-order valence-electron chi connectivity index (χ2n) is 7.86. The van der Waals surface area contributed by atoms with E-state index in [1.165, 1.54) is 18.5 Å². The summed E-state index contributed by atoms with van der Waals surface area (Å²) in [4.78, 5) is 30.2. The van der Waals surface area contributed by atoms with Crippen molar-refractivity contribution in [3.63, 3.8) is 0 Å². The van der Waals surface area contributed by atoms with Crippen LogP contribution in [0.4, 0.5) is 35.3 Å². The lowest BCUT2D eigenvalue weighted by Gasteiger charge is -2.10. The van der Waals surface area contributed by atoms with E-state index in [1.54, 1.807) is 40.8 Å². The van der Waals surface area contributed by atoms with Crippen LogP contribution in [0.25, 0.3) is 20.7 Å². The third-order valence-corrected chi connectivity index (χ3v) is 6.44.